The van der Waals surface area contributed by atoms with Crippen molar-refractivity contribution in [3.8, 4) is 0 Å². The van der Waals surface area contributed by atoms with E-state index in [0.29, 0.717) is 5.92 Å². The minimum absolute atomic E-state index is 0. The van der Waals surface area contributed by atoms with Crippen molar-refractivity contribution in [2.45, 2.75) is 34.2 Å². The second kappa shape index (κ2) is 4.51. The van der Waals surface area contributed by atoms with Crippen molar-refractivity contribution in [2.24, 2.45) is 5.92 Å². The Kier molecular flexibility index (Phi) is 4.27. The summed E-state index contributed by atoms with van der Waals surface area (Å²) in [5.41, 5.74) is 8.65. The first-order valence-corrected chi connectivity index (χ1v) is 4.32. The Balaban J connectivity index is 0.00000144. The molecule has 0 spiro atoms. The Hall–Kier alpha value is -0.700. The number of nitrogen functional groups attached to an aromatic ring is 1. The first-order valence-electron chi connectivity index (χ1n) is 4.32. The lowest BCUT2D eigenvalue weighted by atomic mass is 10.2. The Morgan fingerprint density at radius 1 is 1.38 bits per heavy atom. The molecule has 0 aliphatic heterocycles. The molecule has 1 aromatic rings. The molecule has 0 radical (unpaired) electrons. The fourth-order valence-corrected chi connectivity index (χ4v) is 1.23. The van der Waals surface area contributed by atoms with Gasteiger partial charge in [0.25, 0.3) is 0 Å². The third-order valence-electron chi connectivity index (χ3n) is 1.98. The average Bonchev–Trinajstić information content (AvgIpc) is 2.17. The van der Waals surface area contributed by atoms with Crippen LogP contribution in [0.2, 0.25) is 0 Å². The van der Waals surface area contributed by atoms with Crippen molar-refractivity contribution >= 4 is 18.1 Å². The Labute approximate surface area is 85.7 Å². The fourth-order valence-electron chi connectivity index (χ4n) is 1.23. The van der Waals surface area contributed by atoms with Crippen LogP contribution in [0.15, 0.2) is 0 Å². The highest BCUT2D eigenvalue weighted by atomic mass is 35.5. The lowest BCUT2D eigenvalue weighted by Crippen LogP contribution is -2.08. The van der Waals surface area contributed by atoms with Gasteiger partial charge in [-0.05, 0) is 19.8 Å². The maximum atomic E-state index is 5.80. The molecule has 3 nitrogen and oxygen atoms in total. The van der Waals surface area contributed by atoms with Crippen molar-refractivity contribution in [2.75, 3.05) is 5.73 Å². The topological polar surface area (TPSA) is 43.8 Å². The number of aromatic nitrogens is 2. The molecule has 0 saturated carbocycles. The van der Waals surface area contributed by atoms with Gasteiger partial charge in [-0.1, -0.05) is 13.8 Å². The van der Waals surface area contributed by atoms with E-state index in [2.05, 4.69) is 18.9 Å². The van der Waals surface area contributed by atoms with E-state index in [4.69, 9.17) is 5.73 Å². The van der Waals surface area contributed by atoms with Gasteiger partial charge in [0.2, 0.25) is 0 Å². The summed E-state index contributed by atoms with van der Waals surface area (Å²) >= 11 is 0. The predicted octanol–water partition coefficient (Wildman–Crippen LogP) is 2.16. The molecule has 1 aromatic heterocycles. The molecule has 2 N–H and O–H groups in total. The van der Waals surface area contributed by atoms with Crippen LogP contribution in [0, 0.1) is 19.8 Å². The first-order chi connectivity index (χ1) is 5.52. The van der Waals surface area contributed by atoms with Crippen molar-refractivity contribution < 1.29 is 0 Å². The summed E-state index contributed by atoms with van der Waals surface area (Å²) in [6.07, 6.45) is 0. The van der Waals surface area contributed by atoms with Crippen LogP contribution in [0.4, 0.5) is 5.69 Å². The maximum absolute atomic E-state index is 5.80. The summed E-state index contributed by atoms with van der Waals surface area (Å²) in [6.45, 7) is 9.25. The molecule has 0 fully saturated rings. The molecule has 0 aliphatic rings. The van der Waals surface area contributed by atoms with Gasteiger partial charge in [0.05, 0.1) is 17.1 Å². The Morgan fingerprint density at radius 2 is 1.92 bits per heavy atom. The van der Waals surface area contributed by atoms with E-state index in [1.807, 2.05) is 18.5 Å². The van der Waals surface area contributed by atoms with Crippen LogP contribution in [-0.2, 0) is 6.54 Å². The number of nitrogens with zero attached hydrogens (tertiary/aromatic N) is 2. The SMILES string of the molecule is Cc1nn(CC(C)C)c(C)c1N.Cl. The smallest absolute Gasteiger partial charge is 0.0825 e. The molecule has 0 aromatic carbocycles. The third-order valence-corrected chi connectivity index (χ3v) is 1.98. The zero-order valence-corrected chi connectivity index (χ0v) is 9.48. The van der Waals surface area contributed by atoms with Crippen LogP contribution in [0.1, 0.15) is 25.2 Å². The Bertz CT molecular complexity index is 279. The van der Waals surface area contributed by atoms with Crippen molar-refractivity contribution in [1.82, 2.24) is 9.78 Å². The number of aryl methyl sites for hydroxylation is 1. The van der Waals surface area contributed by atoms with Gasteiger partial charge < -0.3 is 5.73 Å². The summed E-state index contributed by atoms with van der Waals surface area (Å²) in [5.74, 6) is 0.613. The summed E-state index contributed by atoms with van der Waals surface area (Å²) < 4.78 is 1.98. The number of nitrogens with two attached hydrogens (primary N) is 1. The lowest BCUT2D eigenvalue weighted by Gasteiger charge is -2.06. The van der Waals surface area contributed by atoms with Crippen molar-refractivity contribution in [1.29, 1.82) is 0 Å². The lowest BCUT2D eigenvalue weighted by molar-refractivity contribution is 0.473. The van der Waals surface area contributed by atoms with Gasteiger partial charge in [0.15, 0.2) is 0 Å². The molecule has 1 rings (SSSR count). The number of hydrogen-bond donors (Lipinski definition) is 1. The third kappa shape index (κ3) is 2.62. The molecule has 0 unspecified atom stereocenters. The minimum Gasteiger partial charge on any atom is -0.396 e. The van der Waals surface area contributed by atoms with E-state index in [-0.39, 0.29) is 12.4 Å². The average molecular weight is 204 g/mol. The molecule has 1 heterocycles. The van der Waals surface area contributed by atoms with Gasteiger partial charge in [-0.3, -0.25) is 4.68 Å². The highest BCUT2D eigenvalue weighted by molar-refractivity contribution is 5.85. The number of anilines is 1. The van der Waals surface area contributed by atoms with E-state index < -0.39 is 0 Å². The monoisotopic (exact) mass is 203 g/mol. The molecule has 0 aliphatic carbocycles. The van der Waals surface area contributed by atoms with Crippen LogP contribution >= 0.6 is 12.4 Å². The van der Waals surface area contributed by atoms with E-state index in [1.54, 1.807) is 0 Å². The molecule has 0 amide bonds. The van der Waals surface area contributed by atoms with Crippen LogP contribution in [0.25, 0.3) is 0 Å². The van der Waals surface area contributed by atoms with Gasteiger partial charge in [0.1, 0.15) is 0 Å². The van der Waals surface area contributed by atoms with Crippen molar-refractivity contribution in [3.63, 3.8) is 0 Å². The second-order valence-electron chi connectivity index (χ2n) is 3.66. The molecule has 0 bridgehead atoms. The zero-order valence-electron chi connectivity index (χ0n) is 8.66. The van der Waals surface area contributed by atoms with E-state index in [1.165, 1.54) is 0 Å². The molecular formula is C9H18ClN3. The largest absolute Gasteiger partial charge is 0.396 e. The highest BCUT2D eigenvalue weighted by Gasteiger charge is 2.08. The van der Waals surface area contributed by atoms with E-state index >= 15 is 0 Å². The molecule has 0 atom stereocenters. The van der Waals surface area contributed by atoms with E-state index in [0.717, 1.165) is 23.6 Å². The molecule has 76 valence electrons. The Morgan fingerprint density at radius 3 is 2.23 bits per heavy atom. The normalized spacial score (nSPS) is 10.2. The summed E-state index contributed by atoms with van der Waals surface area (Å²) in [7, 11) is 0. The first kappa shape index (κ1) is 12.3. The van der Waals surface area contributed by atoms with Crippen LogP contribution in [0.3, 0.4) is 0 Å². The minimum atomic E-state index is 0. The second-order valence-corrected chi connectivity index (χ2v) is 3.66. The molecular weight excluding hydrogens is 186 g/mol. The zero-order chi connectivity index (χ0) is 9.30. The summed E-state index contributed by atoms with van der Waals surface area (Å²) in [6, 6.07) is 0. The van der Waals surface area contributed by atoms with Gasteiger partial charge >= 0.3 is 0 Å². The highest BCUT2D eigenvalue weighted by Crippen LogP contribution is 2.15. The number of halogens is 1. The maximum Gasteiger partial charge on any atom is 0.0825 e. The number of hydrogen-bond acceptors (Lipinski definition) is 2. The van der Waals surface area contributed by atoms with Gasteiger partial charge in [-0.25, -0.2) is 0 Å². The molecule has 4 heteroatoms. The van der Waals surface area contributed by atoms with Gasteiger partial charge in [-0.2, -0.15) is 5.10 Å². The quantitative estimate of drug-likeness (QED) is 0.801. The molecule has 13 heavy (non-hydrogen) atoms. The van der Waals surface area contributed by atoms with Crippen LogP contribution in [0.5, 0.6) is 0 Å². The predicted molar refractivity (Wildman–Crippen MR) is 58.2 cm³/mol. The molecule has 0 saturated heterocycles. The van der Waals surface area contributed by atoms with Crippen molar-refractivity contribution in [3.05, 3.63) is 11.4 Å². The number of rotatable bonds is 2. The summed E-state index contributed by atoms with van der Waals surface area (Å²) in [5, 5.41) is 4.34. The van der Waals surface area contributed by atoms with E-state index in [9.17, 15) is 0 Å². The van der Waals surface area contributed by atoms with Gasteiger partial charge in [-0.15, -0.1) is 12.4 Å². The van der Waals surface area contributed by atoms with Crippen LogP contribution < -0.4 is 5.73 Å². The van der Waals surface area contributed by atoms with Crippen LogP contribution in [-0.4, -0.2) is 9.78 Å². The fraction of sp³-hybridized carbons (Fsp3) is 0.667. The van der Waals surface area contributed by atoms with Gasteiger partial charge in [0, 0.05) is 6.54 Å². The summed E-state index contributed by atoms with van der Waals surface area (Å²) in [4.78, 5) is 0. The standard InChI is InChI=1S/C9H17N3.ClH/c1-6(2)5-12-8(4)9(10)7(3)11-12;/h6H,5,10H2,1-4H3;1H.